The number of carbonyl (C=O) groups is 1. The molecule has 152 valence electrons. The van der Waals surface area contributed by atoms with E-state index in [9.17, 15) is 9.18 Å². The van der Waals surface area contributed by atoms with Gasteiger partial charge in [-0.25, -0.2) is 14.4 Å². The van der Waals surface area contributed by atoms with Crippen LogP contribution in [0.25, 0.3) is 28.2 Å². The van der Waals surface area contributed by atoms with E-state index in [2.05, 4.69) is 20.2 Å². The number of aromatic nitrogens is 5. The second-order valence-electron chi connectivity index (χ2n) is 7.03. The number of nitrogens with one attached hydrogen (secondary N) is 1. The molecule has 5 rings (SSSR count). The van der Waals surface area contributed by atoms with Crippen molar-refractivity contribution in [2.75, 3.05) is 11.9 Å². The van der Waals surface area contributed by atoms with Gasteiger partial charge in [0.25, 0.3) is 5.91 Å². The Morgan fingerprint density at radius 1 is 0.968 bits per heavy atom. The van der Waals surface area contributed by atoms with E-state index in [0.29, 0.717) is 11.3 Å². The van der Waals surface area contributed by atoms with E-state index in [1.165, 1.54) is 17.0 Å². The van der Waals surface area contributed by atoms with E-state index in [0.717, 1.165) is 22.5 Å². The Kier molecular flexibility index (Phi) is 4.51. The number of fused-ring (bicyclic) bond motifs is 1. The van der Waals surface area contributed by atoms with Crippen LogP contribution >= 0.6 is 0 Å². The third kappa shape index (κ3) is 3.44. The second kappa shape index (κ2) is 7.49. The maximum atomic E-state index is 13.2. The predicted molar refractivity (Wildman–Crippen MR) is 115 cm³/mol. The van der Waals surface area contributed by atoms with Crippen LogP contribution in [0.15, 0.2) is 79.4 Å². The van der Waals surface area contributed by atoms with Crippen LogP contribution < -0.4 is 4.90 Å². The summed E-state index contributed by atoms with van der Waals surface area (Å²) in [5.41, 5.74) is 5.22. The number of H-pyrrole nitrogens is 1. The molecule has 0 aliphatic heterocycles. The van der Waals surface area contributed by atoms with E-state index in [1.54, 1.807) is 44.0 Å². The molecule has 0 fully saturated rings. The van der Waals surface area contributed by atoms with Gasteiger partial charge in [-0.1, -0.05) is 24.3 Å². The van der Waals surface area contributed by atoms with Gasteiger partial charge < -0.3 is 4.90 Å². The lowest BCUT2D eigenvalue weighted by molar-refractivity contribution is 0.0988. The second-order valence-corrected chi connectivity index (χ2v) is 7.03. The van der Waals surface area contributed by atoms with Crippen molar-refractivity contribution in [3.8, 4) is 22.5 Å². The van der Waals surface area contributed by atoms with Crippen LogP contribution in [-0.2, 0) is 0 Å². The molecule has 8 heteroatoms. The molecule has 0 radical (unpaired) electrons. The lowest BCUT2D eigenvalue weighted by Gasteiger charge is -2.17. The predicted octanol–water partition coefficient (Wildman–Crippen LogP) is 4.20. The quantitative estimate of drug-likeness (QED) is 0.480. The molecule has 0 saturated carbocycles. The molecule has 0 spiro atoms. The summed E-state index contributed by atoms with van der Waals surface area (Å²) in [6, 6.07) is 15.6. The third-order valence-corrected chi connectivity index (χ3v) is 5.13. The number of benzene rings is 2. The summed E-state index contributed by atoms with van der Waals surface area (Å²) < 4.78 is 15.0. The average molecular weight is 412 g/mol. The molecule has 3 heterocycles. The number of rotatable bonds is 4. The van der Waals surface area contributed by atoms with Gasteiger partial charge in [-0.2, -0.15) is 5.10 Å². The molecule has 7 nitrogen and oxygen atoms in total. The van der Waals surface area contributed by atoms with E-state index in [1.807, 2.05) is 34.7 Å². The fraction of sp³-hybridized carbons (Fsp3) is 0.0435. The van der Waals surface area contributed by atoms with E-state index in [-0.39, 0.29) is 17.4 Å². The van der Waals surface area contributed by atoms with Crippen molar-refractivity contribution in [3.63, 3.8) is 0 Å². The van der Waals surface area contributed by atoms with E-state index in [4.69, 9.17) is 0 Å². The number of amides is 1. The van der Waals surface area contributed by atoms with E-state index < -0.39 is 0 Å². The summed E-state index contributed by atoms with van der Waals surface area (Å²) in [6.45, 7) is 0. The number of halogens is 1. The molecule has 0 saturated heterocycles. The highest BCUT2D eigenvalue weighted by atomic mass is 19.1. The van der Waals surface area contributed by atoms with Crippen molar-refractivity contribution in [2.24, 2.45) is 0 Å². The summed E-state index contributed by atoms with van der Waals surface area (Å²) in [5, 5.41) is 6.92. The molecule has 1 amide bonds. The summed E-state index contributed by atoms with van der Waals surface area (Å²) in [6.07, 6.45) is 6.69. The topological polar surface area (TPSA) is 79.2 Å². The molecule has 0 bridgehead atoms. The van der Waals surface area contributed by atoms with Gasteiger partial charge in [0.1, 0.15) is 11.5 Å². The SMILES string of the molecule is CN(C(=O)c1cn2c(-c3ccc(-c4ccn[nH]4)cc3)cnc2cn1)c1ccc(F)cc1. The monoisotopic (exact) mass is 412 g/mol. The maximum absolute atomic E-state index is 13.2. The van der Waals surface area contributed by atoms with Gasteiger partial charge in [-0.15, -0.1) is 0 Å². The number of aromatic amines is 1. The van der Waals surface area contributed by atoms with Crippen molar-refractivity contribution >= 4 is 17.2 Å². The zero-order valence-electron chi connectivity index (χ0n) is 16.5. The molecule has 0 unspecified atom stereocenters. The van der Waals surface area contributed by atoms with Gasteiger partial charge in [0, 0.05) is 30.7 Å². The molecule has 5 aromatic rings. The number of hydrogen-bond acceptors (Lipinski definition) is 4. The highest BCUT2D eigenvalue weighted by Crippen LogP contribution is 2.25. The normalized spacial score (nSPS) is 11.0. The molecule has 3 aromatic heterocycles. The molecule has 2 aromatic carbocycles. The van der Waals surface area contributed by atoms with Crippen LogP contribution in [0, 0.1) is 5.82 Å². The average Bonchev–Trinajstić information content (AvgIpc) is 3.49. The first-order valence-electron chi connectivity index (χ1n) is 9.57. The number of anilines is 1. The largest absolute Gasteiger partial charge is 0.310 e. The Labute approximate surface area is 176 Å². The van der Waals surface area contributed by atoms with Crippen LogP contribution in [-0.4, -0.2) is 37.5 Å². The fourth-order valence-corrected chi connectivity index (χ4v) is 3.40. The van der Waals surface area contributed by atoms with Gasteiger partial charge in [0.2, 0.25) is 0 Å². The van der Waals surface area contributed by atoms with Gasteiger partial charge in [0.15, 0.2) is 5.65 Å². The molecular weight excluding hydrogens is 395 g/mol. The van der Waals surface area contributed by atoms with Crippen LogP contribution in [0.5, 0.6) is 0 Å². The van der Waals surface area contributed by atoms with Crippen molar-refractivity contribution in [1.29, 1.82) is 0 Å². The highest BCUT2D eigenvalue weighted by molar-refractivity contribution is 6.04. The lowest BCUT2D eigenvalue weighted by Crippen LogP contribution is -2.27. The Morgan fingerprint density at radius 3 is 2.42 bits per heavy atom. The molecule has 0 aliphatic rings. The minimum absolute atomic E-state index is 0.257. The Hall–Kier alpha value is -4.33. The Bertz CT molecular complexity index is 1360. The standard InChI is InChI=1S/C23H17FN6O/c1-29(18-8-6-17(24)7-9-18)23(31)20-14-30-21(12-26-22(30)13-25-20)16-4-2-15(3-5-16)19-10-11-27-28-19/h2-14H,1H3,(H,27,28). The van der Waals surface area contributed by atoms with Crippen molar-refractivity contribution in [2.45, 2.75) is 0 Å². The fourth-order valence-electron chi connectivity index (χ4n) is 3.40. The lowest BCUT2D eigenvalue weighted by atomic mass is 10.1. The smallest absolute Gasteiger partial charge is 0.278 e. The van der Waals surface area contributed by atoms with Gasteiger partial charge in [-0.3, -0.25) is 14.3 Å². The number of nitrogens with zero attached hydrogens (tertiary/aromatic N) is 5. The van der Waals surface area contributed by atoms with Crippen LogP contribution in [0.1, 0.15) is 10.5 Å². The van der Waals surface area contributed by atoms with Crippen molar-refractivity contribution in [1.82, 2.24) is 24.6 Å². The van der Waals surface area contributed by atoms with Crippen LogP contribution in [0.3, 0.4) is 0 Å². The van der Waals surface area contributed by atoms with Crippen molar-refractivity contribution in [3.05, 3.63) is 90.9 Å². The maximum Gasteiger partial charge on any atom is 0.278 e. The number of carbonyl (C=O) groups excluding carboxylic acids is 1. The zero-order chi connectivity index (χ0) is 21.4. The first kappa shape index (κ1) is 18.7. The molecule has 31 heavy (non-hydrogen) atoms. The van der Waals surface area contributed by atoms with E-state index >= 15 is 0 Å². The summed E-state index contributed by atoms with van der Waals surface area (Å²) >= 11 is 0. The molecule has 1 N–H and O–H groups in total. The first-order valence-corrected chi connectivity index (χ1v) is 9.57. The Morgan fingerprint density at radius 2 is 1.71 bits per heavy atom. The molecule has 0 atom stereocenters. The molecule has 0 aliphatic carbocycles. The third-order valence-electron chi connectivity index (χ3n) is 5.13. The summed E-state index contributed by atoms with van der Waals surface area (Å²) in [5.74, 6) is -0.659. The summed E-state index contributed by atoms with van der Waals surface area (Å²) in [4.78, 5) is 23.0. The van der Waals surface area contributed by atoms with Crippen molar-refractivity contribution < 1.29 is 9.18 Å². The zero-order valence-corrected chi connectivity index (χ0v) is 16.5. The van der Waals surface area contributed by atoms with Crippen LogP contribution in [0.2, 0.25) is 0 Å². The minimum atomic E-state index is -0.356. The first-order chi connectivity index (χ1) is 15.1. The van der Waals surface area contributed by atoms with Gasteiger partial charge in [0.05, 0.1) is 23.8 Å². The van der Waals surface area contributed by atoms with Gasteiger partial charge in [-0.05, 0) is 35.9 Å². The van der Waals surface area contributed by atoms with Crippen LogP contribution in [0.4, 0.5) is 10.1 Å². The Balaban J connectivity index is 1.48. The van der Waals surface area contributed by atoms with Gasteiger partial charge >= 0.3 is 0 Å². The summed E-state index contributed by atoms with van der Waals surface area (Å²) in [7, 11) is 1.63. The number of hydrogen-bond donors (Lipinski definition) is 1. The highest BCUT2D eigenvalue weighted by Gasteiger charge is 2.17. The molecular formula is C23H17FN6O. The number of imidazole rings is 1. The minimum Gasteiger partial charge on any atom is -0.310 e.